The molecule has 3 heteroatoms. The summed E-state index contributed by atoms with van der Waals surface area (Å²) in [6.07, 6.45) is 2.24. The van der Waals surface area contributed by atoms with Crippen molar-refractivity contribution in [1.82, 2.24) is 0 Å². The van der Waals surface area contributed by atoms with Gasteiger partial charge in [-0.3, -0.25) is 0 Å². The Labute approximate surface area is 97.2 Å². The molecule has 90 valence electrons. The van der Waals surface area contributed by atoms with Crippen molar-refractivity contribution in [3.8, 4) is 5.75 Å². The lowest BCUT2D eigenvalue weighted by Gasteiger charge is -2.13. The molecule has 3 N–H and O–H groups in total. The van der Waals surface area contributed by atoms with E-state index in [9.17, 15) is 0 Å². The minimum Gasteiger partial charge on any atom is -0.492 e. The first kappa shape index (κ1) is 13.0. The summed E-state index contributed by atoms with van der Waals surface area (Å²) in [6, 6.07) is 5.89. The first-order chi connectivity index (χ1) is 7.67. The summed E-state index contributed by atoms with van der Waals surface area (Å²) in [5.74, 6) is 0.851. The van der Waals surface area contributed by atoms with Gasteiger partial charge in [-0.1, -0.05) is 25.5 Å². The number of aliphatic hydroxyl groups excluding tert-OH is 1. The number of hydrogen-bond acceptors (Lipinski definition) is 3. The van der Waals surface area contributed by atoms with Crippen LogP contribution in [0.15, 0.2) is 18.2 Å². The van der Waals surface area contributed by atoms with E-state index in [2.05, 4.69) is 19.1 Å². The quantitative estimate of drug-likeness (QED) is 0.771. The number of hydrogen-bond donors (Lipinski definition) is 2. The molecule has 3 nitrogen and oxygen atoms in total. The average molecular weight is 223 g/mol. The Morgan fingerprint density at radius 1 is 1.44 bits per heavy atom. The third-order valence-corrected chi connectivity index (χ3v) is 2.47. The normalized spacial score (nSPS) is 12.5. The molecular formula is C13H21NO2. The molecule has 0 radical (unpaired) electrons. The van der Waals surface area contributed by atoms with Crippen LogP contribution in [0.1, 0.15) is 24.5 Å². The van der Waals surface area contributed by atoms with E-state index in [1.165, 1.54) is 5.56 Å². The number of nitrogens with two attached hydrogens (primary N) is 1. The molecule has 1 aromatic carbocycles. The van der Waals surface area contributed by atoms with Crippen molar-refractivity contribution in [2.24, 2.45) is 5.73 Å². The van der Waals surface area contributed by atoms with Crippen LogP contribution in [0.25, 0.3) is 0 Å². The topological polar surface area (TPSA) is 55.5 Å². The van der Waals surface area contributed by atoms with Crippen LogP contribution in [-0.4, -0.2) is 24.4 Å². The molecule has 1 aromatic rings. The highest BCUT2D eigenvalue weighted by atomic mass is 16.5. The molecule has 0 heterocycles. The summed E-state index contributed by atoms with van der Waals surface area (Å²) in [7, 11) is 0. The van der Waals surface area contributed by atoms with E-state index in [4.69, 9.17) is 15.6 Å². The molecule has 0 unspecified atom stereocenters. The van der Waals surface area contributed by atoms with E-state index < -0.39 is 0 Å². The highest BCUT2D eigenvalue weighted by Crippen LogP contribution is 2.19. The van der Waals surface area contributed by atoms with Crippen LogP contribution in [0.5, 0.6) is 5.75 Å². The monoisotopic (exact) mass is 223 g/mol. The van der Waals surface area contributed by atoms with Gasteiger partial charge >= 0.3 is 0 Å². The first-order valence-corrected chi connectivity index (χ1v) is 5.76. The molecule has 0 saturated heterocycles. The minimum absolute atomic E-state index is 0.0486. The number of benzene rings is 1. The maximum atomic E-state index is 8.79. The zero-order valence-electron chi connectivity index (χ0n) is 10.1. The summed E-state index contributed by atoms with van der Waals surface area (Å²) in [4.78, 5) is 0. The van der Waals surface area contributed by atoms with Gasteiger partial charge in [0.25, 0.3) is 0 Å². The smallest absolute Gasteiger partial charge is 0.122 e. The molecule has 0 aromatic heterocycles. The van der Waals surface area contributed by atoms with Crippen LogP contribution in [0, 0.1) is 6.92 Å². The average Bonchev–Trinajstić information content (AvgIpc) is 2.28. The van der Waals surface area contributed by atoms with Crippen molar-refractivity contribution in [3.63, 3.8) is 0 Å². The van der Waals surface area contributed by atoms with Crippen molar-refractivity contribution in [2.45, 2.75) is 32.7 Å². The fourth-order valence-corrected chi connectivity index (χ4v) is 1.57. The number of rotatable bonds is 6. The van der Waals surface area contributed by atoms with Gasteiger partial charge in [-0.25, -0.2) is 0 Å². The molecule has 0 saturated carbocycles. The first-order valence-electron chi connectivity index (χ1n) is 5.76. The van der Waals surface area contributed by atoms with Crippen molar-refractivity contribution < 1.29 is 9.84 Å². The third kappa shape index (κ3) is 3.83. The summed E-state index contributed by atoms with van der Waals surface area (Å²) >= 11 is 0. The van der Waals surface area contributed by atoms with Gasteiger partial charge in [-0.05, 0) is 30.5 Å². The predicted molar refractivity (Wildman–Crippen MR) is 65.7 cm³/mol. The Morgan fingerprint density at radius 3 is 2.75 bits per heavy atom. The lowest BCUT2D eigenvalue weighted by atomic mass is 10.1. The second-order valence-electron chi connectivity index (χ2n) is 4.10. The summed E-state index contributed by atoms with van der Waals surface area (Å²) in [5.41, 5.74) is 8.03. The van der Waals surface area contributed by atoms with Gasteiger partial charge in [-0.2, -0.15) is 0 Å². The Balaban J connectivity index is 2.60. The highest BCUT2D eigenvalue weighted by molar-refractivity contribution is 5.36. The van der Waals surface area contributed by atoms with Gasteiger partial charge < -0.3 is 15.6 Å². The Hall–Kier alpha value is -1.06. The summed E-state index contributed by atoms with van der Waals surface area (Å²) in [5, 5.41) is 8.79. The largest absolute Gasteiger partial charge is 0.492 e. The number of aliphatic hydroxyl groups is 1. The molecular weight excluding hydrogens is 202 g/mol. The Bertz CT molecular complexity index is 326. The fourth-order valence-electron chi connectivity index (χ4n) is 1.57. The van der Waals surface area contributed by atoms with E-state index in [0.717, 1.165) is 24.2 Å². The maximum absolute atomic E-state index is 8.79. The number of ether oxygens (including phenoxy) is 1. The molecule has 1 atom stereocenters. The Kier molecular flexibility index (Phi) is 5.29. The van der Waals surface area contributed by atoms with E-state index >= 15 is 0 Å². The molecule has 0 amide bonds. The molecule has 0 aliphatic carbocycles. The molecule has 16 heavy (non-hydrogen) atoms. The second kappa shape index (κ2) is 6.51. The highest BCUT2D eigenvalue weighted by Gasteiger charge is 2.04. The van der Waals surface area contributed by atoms with Crippen LogP contribution in [0.2, 0.25) is 0 Å². The molecule has 0 aliphatic heterocycles. The van der Waals surface area contributed by atoms with Gasteiger partial charge in [0.05, 0.1) is 12.6 Å². The molecule has 0 bridgehead atoms. The van der Waals surface area contributed by atoms with Gasteiger partial charge in [0.15, 0.2) is 0 Å². The van der Waals surface area contributed by atoms with E-state index in [-0.39, 0.29) is 12.6 Å². The molecule has 0 spiro atoms. The minimum atomic E-state index is -0.310. The van der Waals surface area contributed by atoms with Gasteiger partial charge in [-0.15, -0.1) is 0 Å². The van der Waals surface area contributed by atoms with Gasteiger partial charge in [0.2, 0.25) is 0 Å². The summed E-state index contributed by atoms with van der Waals surface area (Å²) < 4.78 is 5.54. The fraction of sp³-hybridized carbons (Fsp3) is 0.538. The van der Waals surface area contributed by atoms with Crippen molar-refractivity contribution in [2.75, 3.05) is 13.2 Å². The zero-order valence-corrected chi connectivity index (χ0v) is 10.1. The number of aryl methyl sites for hydroxylation is 2. The van der Waals surface area contributed by atoms with Crippen molar-refractivity contribution in [3.05, 3.63) is 29.3 Å². The van der Waals surface area contributed by atoms with Gasteiger partial charge in [0, 0.05) is 0 Å². The zero-order chi connectivity index (χ0) is 12.0. The molecule has 0 fully saturated rings. The second-order valence-corrected chi connectivity index (χ2v) is 4.10. The van der Waals surface area contributed by atoms with Crippen molar-refractivity contribution >= 4 is 0 Å². The molecule has 1 rings (SSSR count). The van der Waals surface area contributed by atoms with Crippen LogP contribution in [0.4, 0.5) is 0 Å². The van der Waals surface area contributed by atoms with Gasteiger partial charge in [0.1, 0.15) is 12.4 Å². The Morgan fingerprint density at radius 2 is 2.19 bits per heavy atom. The standard InChI is InChI=1S/C13H21NO2/c1-3-4-11-5-6-13(10(2)7-11)16-9-12(14)8-15/h5-7,12,15H,3-4,8-9,14H2,1-2H3/t12-/m0/s1. The van der Waals surface area contributed by atoms with Crippen LogP contribution < -0.4 is 10.5 Å². The van der Waals surface area contributed by atoms with E-state index in [1.807, 2.05) is 13.0 Å². The lowest BCUT2D eigenvalue weighted by molar-refractivity contribution is 0.206. The molecule has 0 aliphatic rings. The maximum Gasteiger partial charge on any atom is 0.122 e. The van der Waals surface area contributed by atoms with Crippen LogP contribution >= 0.6 is 0 Å². The van der Waals surface area contributed by atoms with E-state index in [1.54, 1.807) is 0 Å². The third-order valence-electron chi connectivity index (χ3n) is 2.47. The van der Waals surface area contributed by atoms with Crippen LogP contribution in [-0.2, 0) is 6.42 Å². The lowest BCUT2D eigenvalue weighted by Crippen LogP contribution is -2.31. The van der Waals surface area contributed by atoms with Crippen molar-refractivity contribution in [1.29, 1.82) is 0 Å². The van der Waals surface area contributed by atoms with Crippen LogP contribution in [0.3, 0.4) is 0 Å². The summed E-state index contributed by atoms with van der Waals surface area (Å²) in [6.45, 7) is 4.50. The predicted octanol–water partition coefficient (Wildman–Crippen LogP) is 1.65. The SMILES string of the molecule is CCCc1ccc(OC[C@@H](N)CO)c(C)c1. The van der Waals surface area contributed by atoms with E-state index in [0.29, 0.717) is 6.61 Å².